The van der Waals surface area contributed by atoms with Gasteiger partial charge in [0.05, 0.1) is 0 Å². The summed E-state index contributed by atoms with van der Waals surface area (Å²) >= 11 is 0. The molecule has 0 amide bonds. The van der Waals surface area contributed by atoms with Gasteiger partial charge in [-0.15, -0.1) is 0 Å². The minimum atomic E-state index is 1.15. The van der Waals surface area contributed by atoms with Crippen molar-refractivity contribution in [1.82, 2.24) is 16.0 Å². The molecule has 0 unspecified atom stereocenters. The Morgan fingerprint density at radius 1 is 0.471 bits per heavy atom. The van der Waals surface area contributed by atoms with Crippen LogP contribution in [0.1, 0.15) is 52.4 Å². The zero-order valence-corrected chi connectivity index (χ0v) is 12.0. The minimum Gasteiger partial charge on any atom is -0.317 e. The maximum Gasteiger partial charge on any atom is -0.00368 e. The van der Waals surface area contributed by atoms with Crippen LogP contribution in [0.4, 0.5) is 0 Å². The third kappa shape index (κ3) is 15.9. The lowest BCUT2D eigenvalue weighted by Gasteiger charge is -2.06. The summed E-state index contributed by atoms with van der Waals surface area (Å²) in [5, 5.41) is 10.4. The Kier molecular flexibility index (Phi) is 15.8. The van der Waals surface area contributed by atoms with Gasteiger partial charge in [0.25, 0.3) is 0 Å². The zero-order chi connectivity index (χ0) is 12.6. The molecule has 0 bridgehead atoms. The molecule has 3 nitrogen and oxygen atoms in total. The molecule has 0 fully saturated rings. The van der Waals surface area contributed by atoms with Gasteiger partial charge in [-0.25, -0.2) is 0 Å². The van der Waals surface area contributed by atoms with Crippen LogP contribution in [0.2, 0.25) is 0 Å². The highest BCUT2D eigenvalue weighted by molar-refractivity contribution is 4.54. The van der Waals surface area contributed by atoms with Crippen LogP contribution in [0.25, 0.3) is 0 Å². The van der Waals surface area contributed by atoms with E-state index in [4.69, 9.17) is 0 Å². The average Bonchev–Trinajstić information content (AvgIpc) is 2.35. The van der Waals surface area contributed by atoms with E-state index in [0.717, 1.165) is 32.7 Å². The molecule has 0 aliphatic carbocycles. The molecular weight excluding hydrogens is 210 g/mol. The van der Waals surface area contributed by atoms with Gasteiger partial charge >= 0.3 is 0 Å². The van der Waals surface area contributed by atoms with E-state index in [2.05, 4.69) is 29.8 Å². The van der Waals surface area contributed by atoms with Gasteiger partial charge in [-0.1, -0.05) is 26.7 Å². The quantitative estimate of drug-likeness (QED) is 0.409. The van der Waals surface area contributed by atoms with Crippen LogP contribution in [-0.4, -0.2) is 39.3 Å². The summed E-state index contributed by atoms with van der Waals surface area (Å²) in [6.45, 7) is 11.4. The Morgan fingerprint density at radius 2 is 0.941 bits per heavy atom. The molecule has 3 heteroatoms. The van der Waals surface area contributed by atoms with Gasteiger partial charge in [0, 0.05) is 0 Å². The number of hydrogen-bond donors (Lipinski definition) is 3. The minimum absolute atomic E-state index is 1.15. The van der Waals surface area contributed by atoms with E-state index in [9.17, 15) is 0 Å². The van der Waals surface area contributed by atoms with E-state index in [0.29, 0.717) is 0 Å². The largest absolute Gasteiger partial charge is 0.317 e. The topological polar surface area (TPSA) is 36.1 Å². The van der Waals surface area contributed by atoms with Crippen LogP contribution in [0.15, 0.2) is 0 Å². The predicted octanol–water partition coefficient (Wildman–Crippen LogP) is 2.14. The van der Waals surface area contributed by atoms with Crippen LogP contribution < -0.4 is 16.0 Å². The smallest absolute Gasteiger partial charge is 0.00368 e. The second-order valence-electron chi connectivity index (χ2n) is 4.66. The van der Waals surface area contributed by atoms with Crippen molar-refractivity contribution in [3.63, 3.8) is 0 Å². The summed E-state index contributed by atoms with van der Waals surface area (Å²) in [5.41, 5.74) is 0. The number of hydrogen-bond acceptors (Lipinski definition) is 3. The van der Waals surface area contributed by atoms with Crippen LogP contribution >= 0.6 is 0 Å². The van der Waals surface area contributed by atoms with Gasteiger partial charge < -0.3 is 16.0 Å². The van der Waals surface area contributed by atoms with Gasteiger partial charge in [-0.05, 0) is 65.0 Å². The molecule has 0 aromatic rings. The molecule has 0 saturated carbocycles. The first-order valence-corrected chi connectivity index (χ1v) is 7.54. The van der Waals surface area contributed by atoms with Gasteiger partial charge in [0.1, 0.15) is 0 Å². The molecule has 0 rings (SSSR count). The Balaban J connectivity index is 2.85. The molecule has 0 aromatic carbocycles. The first kappa shape index (κ1) is 16.9. The molecule has 0 aromatic heterocycles. The maximum absolute atomic E-state index is 3.49. The van der Waals surface area contributed by atoms with Crippen molar-refractivity contribution in [2.75, 3.05) is 39.3 Å². The normalized spacial score (nSPS) is 10.9. The highest BCUT2D eigenvalue weighted by Gasteiger charge is 1.90. The summed E-state index contributed by atoms with van der Waals surface area (Å²) in [6, 6.07) is 0. The second kappa shape index (κ2) is 15.9. The van der Waals surface area contributed by atoms with Crippen molar-refractivity contribution in [3.05, 3.63) is 0 Å². The molecule has 0 saturated heterocycles. The molecule has 0 atom stereocenters. The number of nitrogens with one attached hydrogen (secondary N) is 3. The fourth-order valence-corrected chi connectivity index (χ4v) is 1.73. The van der Waals surface area contributed by atoms with Crippen LogP contribution in [0.3, 0.4) is 0 Å². The van der Waals surface area contributed by atoms with Gasteiger partial charge in [-0.2, -0.15) is 0 Å². The zero-order valence-electron chi connectivity index (χ0n) is 12.0. The molecule has 0 aliphatic heterocycles. The highest BCUT2D eigenvalue weighted by atomic mass is 14.9. The summed E-state index contributed by atoms with van der Waals surface area (Å²) in [4.78, 5) is 0. The Labute approximate surface area is 108 Å². The molecule has 17 heavy (non-hydrogen) atoms. The van der Waals surface area contributed by atoms with E-state index in [1.807, 2.05) is 0 Å². The lowest BCUT2D eigenvalue weighted by molar-refractivity contribution is 0.554. The Bertz CT molecular complexity index is 115. The van der Waals surface area contributed by atoms with Crippen molar-refractivity contribution < 1.29 is 0 Å². The van der Waals surface area contributed by atoms with Crippen molar-refractivity contribution in [2.24, 2.45) is 0 Å². The predicted molar refractivity (Wildman–Crippen MR) is 77.7 cm³/mol. The van der Waals surface area contributed by atoms with E-state index in [1.165, 1.54) is 45.1 Å². The molecule has 0 spiro atoms. The van der Waals surface area contributed by atoms with Crippen molar-refractivity contribution in [2.45, 2.75) is 52.4 Å². The summed E-state index contributed by atoms with van der Waals surface area (Å²) in [6.07, 6.45) is 7.72. The third-order valence-corrected chi connectivity index (χ3v) is 2.80. The van der Waals surface area contributed by atoms with Gasteiger partial charge in [0.2, 0.25) is 0 Å². The summed E-state index contributed by atoms with van der Waals surface area (Å²) in [5.74, 6) is 0. The standard InChI is InChI=1S/C14H33N3/c1-3-5-6-10-16-12-8-14-17-13-7-11-15-9-4-2/h15-17H,3-14H2,1-2H3. The summed E-state index contributed by atoms with van der Waals surface area (Å²) < 4.78 is 0. The molecular formula is C14H33N3. The van der Waals surface area contributed by atoms with Crippen molar-refractivity contribution in [3.8, 4) is 0 Å². The van der Waals surface area contributed by atoms with Crippen molar-refractivity contribution in [1.29, 1.82) is 0 Å². The number of unbranched alkanes of at least 4 members (excludes halogenated alkanes) is 2. The average molecular weight is 243 g/mol. The fraction of sp³-hybridized carbons (Fsp3) is 1.00. The van der Waals surface area contributed by atoms with E-state index < -0.39 is 0 Å². The van der Waals surface area contributed by atoms with Gasteiger partial charge in [-0.3, -0.25) is 0 Å². The fourth-order valence-electron chi connectivity index (χ4n) is 1.73. The van der Waals surface area contributed by atoms with E-state index in [-0.39, 0.29) is 0 Å². The second-order valence-corrected chi connectivity index (χ2v) is 4.66. The Hall–Kier alpha value is -0.120. The molecule has 0 aliphatic rings. The van der Waals surface area contributed by atoms with E-state index in [1.54, 1.807) is 0 Å². The molecule has 3 N–H and O–H groups in total. The molecule has 0 radical (unpaired) electrons. The molecule has 0 heterocycles. The number of rotatable bonds is 14. The first-order valence-electron chi connectivity index (χ1n) is 7.54. The lowest BCUT2D eigenvalue weighted by Crippen LogP contribution is -2.25. The van der Waals surface area contributed by atoms with Crippen molar-refractivity contribution >= 4 is 0 Å². The van der Waals surface area contributed by atoms with Crippen LogP contribution in [-0.2, 0) is 0 Å². The van der Waals surface area contributed by atoms with Gasteiger partial charge in [0.15, 0.2) is 0 Å². The molecule has 104 valence electrons. The SMILES string of the molecule is CCCCCNCCCNCCCNCCC. The van der Waals surface area contributed by atoms with Crippen LogP contribution in [0, 0.1) is 0 Å². The Morgan fingerprint density at radius 3 is 1.41 bits per heavy atom. The highest BCUT2D eigenvalue weighted by Crippen LogP contribution is 1.90. The third-order valence-electron chi connectivity index (χ3n) is 2.80. The lowest BCUT2D eigenvalue weighted by atomic mass is 10.2. The maximum atomic E-state index is 3.49. The summed E-state index contributed by atoms with van der Waals surface area (Å²) in [7, 11) is 0. The van der Waals surface area contributed by atoms with Crippen LogP contribution in [0.5, 0.6) is 0 Å². The monoisotopic (exact) mass is 243 g/mol. The van der Waals surface area contributed by atoms with E-state index >= 15 is 0 Å². The first-order chi connectivity index (χ1) is 8.41.